The Bertz CT molecular complexity index is 748. The number of unbranched alkanes of at least 4 members (excludes halogenated alkanes) is 3. The highest BCUT2D eigenvalue weighted by atomic mass is 16.6. The SMILES string of the molecule is CCCCC/C=C\C[C@@H](OC(=O)c1ccc2ccccc2c1)C(=O)O. The molecule has 0 aliphatic rings. The fourth-order valence-corrected chi connectivity index (χ4v) is 2.56. The van der Waals surface area contributed by atoms with Crippen LogP contribution in [0.15, 0.2) is 54.6 Å². The number of carboxylic acid groups (broad SMARTS) is 1. The van der Waals surface area contributed by atoms with Gasteiger partial charge in [-0.05, 0) is 35.7 Å². The van der Waals surface area contributed by atoms with Crippen molar-refractivity contribution >= 4 is 22.7 Å². The van der Waals surface area contributed by atoms with Crippen molar-refractivity contribution in [1.29, 1.82) is 0 Å². The molecule has 25 heavy (non-hydrogen) atoms. The molecule has 0 saturated carbocycles. The van der Waals surface area contributed by atoms with Gasteiger partial charge in [0.25, 0.3) is 0 Å². The third-order valence-corrected chi connectivity index (χ3v) is 4.00. The maximum Gasteiger partial charge on any atom is 0.345 e. The van der Waals surface area contributed by atoms with Crippen LogP contribution < -0.4 is 0 Å². The highest BCUT2D eigenvalue weighted by Gasteiger charge is 2.21. The first-order chi connectivity index (χ1) is 12.1. The lowest BCUT2D eigenvalue weighted by molar-refractivity contribution is -0.146. The van der Waals surface area contributed by atoms with Crippen molar-refractivity contribution < 1.29 is 19.4 Å². The van der Waals surface area contributed by atoms with Crippen LogP contribution >= 0.6 is 0 Å². The summed E-state index contributed by atoms with van der Waals surface area (Å²) < 4.78 is 5.18. The summed E-state index contributed by atoms with van der Waals surface area (Å²) in [6.45, 7) is 2.14. The van der Waals surface area contributed by atoms with Gasteiger partial charge in [0, 0.05) is 6.42 Å². The zero-order valence-corrected chi connectivity index (χ0v) is 14.5. The first-order valence-corrected chi connectivity index (χ1v) is 8.69. The highest BCUT2D eigenvalue weighted by molar-refractivity contribution is 5.96. The van der Waals surface area contributed by atoms with E-state index in [2.05, 4.69) is 6.92 Å². The monoisotopic (exact) mass is 340 g/mol. The number of carbonyl (C=O) groups is 2. The van der Waals surface area contributed by atoms with Crippen LogP contribution in [-0.4, -0.2) is 23.1 Å². The summed E-state index contributed by atoms with van der Waals surface area (Å²) in [5, 5.41) is 11.2. The van der Waals surface area contributed by atoms with Gasteiger partial charge in [-0.1, -0.05) is 62.2 Å². The fraction of sp³-hybridized carbons (Fsp3) is 0.333. The van der Waals surface area contributed by atoms with E-state index >= 15 is 0 Å². The Balaban J connectivity index is 1.97. The molecule has 132 valence electrons. The molecule has 1 atom stereocenters. The molecule has 0 aromatic heterocycles. The maximum atomic E-state index is 12.3. The predicted molar refractivity (Wildman–Crippen MR) is 98.7 cm³/mol. The van der Waals surface area contributed by atoms with Crippen molar-refractivity contribution in [3.05, 3.63) is 60.2 Å². The lowest BCUT2D eigenvalue weighted by atomic mass is 10.1. The summed E-state index contributed by atoms with van der Waals surface area (Å²) in [6.07, 6.45) is 7.05. The molecule has 0 bridgehead atoms. The van der Waals surface area contributed by atoms with E-state index in [1.165, 1.54) is 0 Å². The van der Waals surface area contributed by atoms with E-state index in [9.17, 15) is 14.7 Å². The van der Waals surface area contributed by atoms with Gasteiger partial charge < -0.3 is 9.84 Å². The van der Waals surface area contributed by atoms with Crippen LogP contribution in [0.25, 0.3) is 10.8 Å². The Morgan fingerprint density at radius 3 is 2.56 bits per heavy atom. The molecule has 2 rings (SSSR count). The third kappa shape index (κ3) is 5.75. The van der Waals surface area contributed by atoms with Crippen LogP contribution in [0.2, 0.25) is 0 Å². The van der Waals surface area contributed by atoms with Crippen LogP contribution in [0.4, 0.5) is 0 Å². The summed E-state index contributed by atoms with van der Waals surface area (Å²) in [4.78, 5) is 23.6. The lowest BCUT2D eigenvalue weighted by Gasteiger charge is -2.12. The van der Waals surface area contributed by atoms with Gasteiger partial charge in [-0.2, -0.15) is 0 Å². The van der Waals surface area contributed by atoms with Crippen molar-refractivity contribution in [3.8, 4) is 0 Å². The molecule has 4 heteroatoms. The molecule has 0 unspecified atom stereocenters. The van der Waals surface area contributed by atoms with Gasteiger partial charge >= 0.3 is 11.9 Å². The van der Waals surface area contributed by atoms with Gasteiger partial charge in [-0.3, -0.25) is 0 Å². The van der Waals surface area contributed by atoms with E-state index in [0.29, 0.717) is 5.56 Å². The number of aliphatic carboxylic acids is 1. The molecule has 0 amide bonds. The number of hydrogen-bond acceptors (Lipinski definition) is 3. The zero-order chi connectivity index (χ0) is 18.1. The Labute approximate surface area is 148 Å². The van der Waals surface area contributed by atoms with Crippen LogP contribution in [0, 0.1) is 0 Å². The molecule has 2 aromatic rings. The van der Waals surface area contributed by atoms with Crippen LogP contribution in [0.1, 0.15) is 49.4 Å². The standard InChI is InChI=1S/C21H24O4/c1-2-3-4-5-6-7-12-19(20(22)23)25-21(24)18-14-13-16-10-8-9-11-17(16)15-18/h6-11,13-15,19H,2-5,12H2,1H3,(H,22,23)/b7-6-/t19-/m1/s1. The number of hydrogen-bond donors (Lipinski definition) is 1. The number of carbonyl (C=O) groups excluding carboxylic acids is 1. The summed E-state index contributed by atoms with van der Waals surface area (Å²) in [5.41, 5.74) is 0.358. The topological polar surface area (TPSA) is 63.6 Å². The first kappa shape index (κ1) is 18.7. The Morgan fingerprint density at radius 2 is 1.84 bits per heavy atom. The summed E-state index contributed by atoms with van der Waals surface area (Å²) in [7, 11) is 0. The fourth-order valence-electron chi connectivity index (χ4n) is 2.56. The number of esters is 1. The average molecular weight is 340 g/mol. The second kappa shape index (κ2) is 9.62. The second-order valence-electron chi connectivity index (χ2n) is 6.00. The van der Waals surface area contributed by atoms with Crippen LogP contribution in [0.3, 0.4) is 0 Å². The maximum absolute atomic E-state index is 12.3. The van der Waals surface area contributed by atoms with E-state index in [1.54, 1.807) is 18.2 Å². The smallest absolute Gasteiger partial charge is 0.345 e. The van der Waals surface area contributed by atoms with Gasteiger partial charge in [0.2, 0.25) is 6.10 Å². The van der Waals surface area contributed by atoms with Gasteiger partial charge in [0.15, 0.2) is 0 Å². The van der Waals surface area contributed by atoms with E-state index in [-0.39, 0.29) is 6.42 Å². The third-order valence-electron chi connectivity index (χ3n) is 4.00. The van der Waals surface area contributed by atoms with Crippen LogP contribution in [-0.2, 0) is 9.53 Å². The lowest BCUT2D eigenvalue weighted by Crippen LogP contribution is -2.26. The normalized spacial score (nSPS) is 12.4. The molecule has 0 saturated heterocycles. The zero-order valence-electron chi connectivity index (χ0n) is 14.5. The van der Waals surface area contributed by atoms with Crippen molar-refractivity contribution in [2.45, 2.75) is 45.1 Å². The minimum Gasteiger partial charge on any atom is -0.478 e. The average Bonchev–Trinajstić information content (AvgIpc) is 2.62. The van der Waals surface area contributed by atoms with E-state index in [4.69, 9.17) is 4.74 Å². The van der Waals surface area contributed by atoms with Gasteiger partial charge in [-0.25, -0.2) is 9.59 Å². The predicted octanol–water partition coefficient (Wildman–Crippen LogP) is 4.98. The number of allylic oxidation sites excluding steroid dienone is 1. The largest absolute Gasteiger partial charge is 0.478 e. The molecular weight excluding hydrogens is 316 g/mol. The Hall–Kier alpha value is -2.62. The van der Waals surface area contributed by atoms with E-state index < -0.39 is 18.0 Å². The van der Waals surface area contributed by atoms with Gasteiger partial charge in [0.05, 0.1) is 5.56 Å². The van der Waals surface area contributed by atoms with Crippen LogP contribution in [0.5, 0.6) is 0 Å². The van der Waals surface area contributed by atoms with Crippen molar-refractivity contribution in [2.75, 3.05) is 0 Å². The van der Waals surface area contributed by atoms with Crippen molar-refractivity contribution in [2.24, 2.45) is 0 Å². The summed E-state index contributed by atoms with van der Waals surface area (Å²) in [5.74, 6) is -1.75. The van der Waals surface area contributed by atoms with Gasteiger partial charge in [0.1, 0.15) is 0 Å². The number of rotatable bonds is 9. The minimum atomic E-state index is -1.17. The van der Waals surface area contributed by atoms with E-state index in [1.807, 2.05) is 36.4 Å². The molecule has 0 aliphatic heterocycles. The molecule has 1 N–H and O–H groups in total. The minimum absolute atomic E-state index is 0.181. The number of carboxylic acids is 1. The molecule has 4 nitrogen and oxygen atoms in total. The Kier molecular flexibility index (Phi) is 7.20. The Morgan fingerprint density at radius 1 is 1.08 bits per heavy atom. The molecule has 0 aliphatic carbocycles. The number of benzene rings is 2. The highest BCUT2D eigenvalue weighted by Crippen LogP contribution is 2.17. The number of fused-ring (bicyclic) bond motifs is 1. The van der Waals surface area contributed by atoms with Crippen molar-refractivity contribution in [1.82, 2.24) is 0 Å². The summed E-state index contributed by atoms with van der Waals surface area (Å²) >= 11 is 0. The summed E-state index contributed by atoms with van der Waals surface area (Å²) in [6, 6.07) is 12.9. The van der Waals surface area contributed by atoms with Gasteiger partial charge in [-0.15, -0.1) is 0 Å². The van der Waals surface area contributed by atoms with E-state index in [0.717, 1.165) is 36.5 Å². The molecule has 0 spiro atoms. The number of ether oxygens (including phenoxy) is 1. The molecule has 0 radical (unpaired) electrons. The molecular formula is C21H24O4. The van der Waals surface area contributed by atoms with Crippen molar-refractivity contribution in [3.63, 3.8) is 0 Å². The first-order valence-electron chi connectivity index (χ1n) is 8.69. The second-order valence-corrected chi connectivity index (χ2v) is 6.00. The molecule has 0 fully saturated rings. The molecule has 0 heterocycles. The molecule has 2 aromatic carbocycles. The quantitative estimate of drug-likeness (QED) is 0.397.